The zero-order valence-electron chi connectivity index (χ0n) is 8.36. The van der Waals surface area contributed by atoms with Crippen molar-refractivity contribution in [3.8, 4) is 0 Å². The third-order valence-corrected chi connectivity index (χ3v) is 1.86. The first-order valence-corrected chi connectivity index (χ1v) is 4.37. The molecule has 0 atom stereocenters. The van der Waals surface area contributed by atoms with Gasteiger partial charge < -0.3 is 4.74 Å². The van der Waals surface area contributed by atoms with E-state index in [-0.39, 0.29) is 12.5 Å². The Labute approximate surface area is 83.4 Å². The van der Waals surface area contributed by atoms with Crippen LogP contribution < -0.4 is 0 Å². The lowest BCUT2D eigenvalue weighted by atomic mass is 10.1. The highest BCUT2D eigenvalue weighted by Crippen LogP contribution is 2.00. The minimum Gasteiger partial charge on any atom is -0.468 e. The van der Waals surface area contributed by atoms with Crippen molar-refractivity contribution in [3.63, 3.8) is 0 Å². The fraction of sp³-hybridized carbons (Fsp3) is 0.273. The summed E-state index contributed by atoms with van der Waals surface area (Å²) in [4.78, 5) is 14.9. The van der Waals surface area contributed by atoms with Crippen LogP contribution in [0.3, 0.4) is 0 Å². The Morgan fingerprint density at radius 3 is 2.57 bits per heavy atom. The average molecular weight is 191 g/mol. The van der Waals surface area contributed by atoms with Gasteiger partial charge in [0.1, 0.15) is 6.54 Å². The molecule has 0 unspecified atom stereocenters. The van der Waals surface area contributed by atoms with Crippen LogP contribution in [-0.4, -0.2) is 25.3 Å². The van der Waals surface area contributed by atoms with Gasteiger partial charge in [0, 0.05) is 5.71 Å². The van der Waals surface area contributed by atoms with E-state index >= 15 is 0 Å². The molecule has 0 saturated heterocycles. The zero-order valence-corrected chi connectivity index (χ0v) is 8.36. The smallest absolute Gasteiger partial charge is 0.327 e. The summed E-state index contributed by atoms with van der Waals surface area (Å²) in [5, 5.41) is 0. The van der Waals surface area contributed by atoms with Crippen LogP contribution in [0.2, 0.25) is 0 Å². The molecule has 1 aromatic rings. The molecule has 0 radical (unpaired) electrons. The van der Waals surface area contributed by atoms with Crippen molar-refractivity contribution in [2.75, 3.05) is 13.7 Å². The predicted molar refractivity (Wildman–Crippen MR) is 55.5 cm³/mol. The van der Waals surface area contributed by atoms with Crippen LogP contribution in [0.15, 0.2) is 35.3 Å². The van der Waals surface area contributed by atoms with Crippen LogP contribution in [0.25, 0.3) is 0 Å². The molecule has 0 spiro atoms. The van der Waals surface area contributed by atoms with Crippen molar-refractivity contribution in [1.29, 1.82) is 0 Å². The number of methoxy groups -OCH3 is 1. The van der Waals surface area contributed by atoms with Gasteiger partial charge in [0.2, 0.25) is 0 Å². The van der Waals surface area contributed by atoms with Gasteiger partial charge in [-0.2, -0.15) is 0 Å². The Kier molecular flexibility index (Phi) is 3.85. The minimum absolute atomic E-state index is 0.0806. The maximum atomic E-state index is 10.8. The quantitative estimate of drug-likeness (QED) is 0.538. The summed E-state index contributed by atoms with van der Waals surface area (Å²) in [5.41, 5.74) is 1.87. The highest BCUT2D eigenvalue weighted by atomic mass is 16.5. The molecule has 0 aliphatic rings. The first kappa shape index (κ1) is 10.4. The maximum absolute atomic E-state index is 10.8. The van der Waals surface area contributed by atoms with Gasteiger partial charge in [0.05, 0.1) is 7.11 Å². The summed E-state index contributed by atoms with van der Waals surface area (Å²) in [6, 6.07) is 9.72. The minimum atomic E-state index is -0.319. The highest BCUT2D eigenvalue weighted by Gasteiger charge is 1.99. The Morgan fingerprint density at radius 2 is 2.00 bits per heavy atom. The van der Waals surface area contributed by atoms with E-state index in [0.717, 1.165) is 11.3 Å². The number of ether oxygens (including phenoxy) is 1. The second-order valence-electron chi connectivity index (χ2n) is 2.84. The molecule has 0 heterocycles. The van der Waals surface area contributed by atoms with Crippen LogP contribution in [0.4, 0.5) is 0 Å². The molecule has 0 N–H and O–H groups in total. The van der Waals surface area contributed by atoms with E-state index in [9.17, 15) is 4.79 Å². The highest BCUT2D eigenvalue weighted by molar-refractivity contribution is 5.99. The molecule has 74 valence electrons. The van der Waals surface area contributed by atoms with E-state index in [1.54, 1.807) is 0 Å². The van der Waals surface area contributed by atoms with Crippen molar-refractivity contribution < 1.29 is 9.53 Å². The number of hydrogen-bond donors (Lipinski definition) is 0. The van der Waals surface area contributed by atoms with E-state index in [2.05, 4.69) is 9.73 Å². The Balaban J connectivity index is 2.66. The fourth-order valence-electron chi connectivity index (χ4n) is 1.02. The number of hydrogen-bond acceptors (Lipinski definition) is 3. The topological polar surface area (TPSA) is 38.7 Å². The van der Waals surface area contributed by atoms with Crippen LogP contribution in [0.5, 0.6) is 0 Å². The van der Waals surface area contributed by atoms with Crippen molar-refractivity contribution >= 4 is 11.7 Å². The van der Waals surface area contributed by atoms with Gasteiger partial charge in [-0.15, -0.1) is 0 Å². The SMILES string of the molecule is COC(=O)CN=C(C)c1ccccc1. The lowest BCUT2D eigenvalue weighted by Crippen LogP contribution is -2.06. The molecule has 0 amide bonds. The monoisotopic (exact) mass is 191 g/mol. The number of nitrogens with zero attached hydrogens (tertiary/aromatic N) is 1. The zero-order chi connectivity index (χ0) is 10.4. The first-order chi connectivity index (χ1) is 6.74. The number of carbonyl (C=O) groups is 1. The van der Waals surface area contributed by atoms with Gasteiger partial charge in [0.25, 0.3) is 0 Å². The molecule has 0 saturated carbocycles. The molecule has 0 aromatic heterocycles. The van der Waals surface area contributed by atoms with Crippen molar-refractivity contribution in [3.05, 3.63) is 35.9 Å². The summed E-state index contributed by atoms with van der Waals surface area (Å²) < 4.78 is 4.49. The third-order valence-electron chi connectivity index (χ3n) is 1.86. The largest absolute Gasteiger partial charge is 0.468 e. The number of aliphatic imine (C=N–C) groups is 1. The van der Waals surface area contributed by atoms with Gasteiger partial charge in [-0.05, 0) is 12.5 Å². The summed E-state index contributed by atoms with van der Waals surface area (Å²) >= 11 is 0. The molecule has 0 fully saturated rings. The van der Waals surface area contributed by atoms with E-state index in [1.165, 1.54) is 7.11 Å². The molecular weight excluding hydrogens is 178 g/mol. The van der Waals surface area contributed by atoms with Crippen LogP contribution in [-0.2, 0) is 9.53 Å². The summed E-state index contributed by atoms with van der Waals surface area (Å²) in [7, 11) is 1.36. The van der Waals surface area contributed by atoms with Gasteiger partial charge in [-0.3, -0.25) is 9.79 Å². The van der Waals surface area contributed by atoms with E-state index in [1.807, 2.05) is 37.3 Å². The van der Waals surface area contributed by atoms with E-state index < -0.39 is 0 Å². The summed E-state index contributed by atoms with van der Waals surface area (Å²) in [5.74, 6) is -0.319. The number of rotatable bonds is 3. The Morgan fingerprint density at radius 1 is 1.36 bits per heavy atom. The molecule has 14 heavy (non-hydrogen) atoms. The second kappa shape index (κ2) is 5.17. The second-order valence-corrected chi connectivity index (χ2v) is 2.84. The molecule has 3 nitrogen and oxygen atoms in total. The molecule has 1 aromatic carbocycles. The Hall–Kier alpha value is -1.64. The van der Waals surface area contributed by atoms with E-state index in [0.29, 0.717) is 0 Å². The van der Waals surface area contributed by atoms with Crippen LogP contribution in [0.1, 0.15) is 12.5 Å². The van der Waals surface area contributed by atoms with Gasteiger partial charge >= 0.3 is 5.97 Å². The lowest BCUT2D eigenvalue weighted by Gasteiger charge is -1.99. The van der Waals surface area contributed by atoms with E-state index in [4.69, 9.17) is 0 Å². The molecule has 0 bridgehead atoms. The first-order valence-electron chi connectivity index (χ1n) is 4.37. The van der Waals surface area contributed by atoms with Crippen molar-refractivity contribution in [2.45, 2.75) is 6.92 Å². The summed E-state index contributed by atoms with van der Waals surface area (Å²) in [6.45, 7) is 1.95. The number of benzene rings is 1. The third kappa shape index (κ3) is 3.01. The molecule has 0 aliphatic carbocycles. The fourth-order valence-corrected chi connectivity index (χ4v) is 1.02. The van der Waals surface area contributed by atoms with Crippen LogP contribution in [0, 0.1) is 0 Å². The van der Waals surface area contributed by atoms with Gasteiger partial charge in [0.15, 0.2) is 0 Å². The lowest BCUT2D eigenvalue weighted by molar-refractivity contribution is -0.138. The number of carbonyl (C=O) groups excluding carboxylic acids is 1. The number of esters is 1. The predicted octanol–water partition coefficient (Wildman–Crippen LogP) is 1.67. The molecular formula is C11H13NO2. The summed E-state index contributed by atoms with van der Waals surface area (Å²) in [6.07, 6.45) is 0. The van der Waals surface area contributed by atoms with Gasteiger partial charge in [-0.25, -0.2) is 0 Å². The maximum Gasteiger partial charge on any atom is 0.327 e. The standard InChI is InChI=1S/C11H13NO2/c1-9(12-8-11(13)14-2)10-6-4-3-5-7-10/h3-7H,8H2,1-2H3. The van der Waals surface area contributed by atoms with Crippen LogP contribution >= 0.6 is 0 Å². The molecule has 1 rings (SSSR count). The average Bonchev–Trinajstić information content (AvgIpc) is 2.26. The van der Waals surface area contributed by atoms with Gasteiger partial charge in [-0.1, -0.05) is 30.3 Å². The Bertz CT molecular complexity index is 330. The van der Waals surface area contributed by atoms with Crippen molar-refractivity contribution in [1.82, 2.24) is 0 Å². The van der Waals surface area contributed by atoms with Crippen molar-refractivity contribution in [2.24, 2.45) is 4.99 Å². The molecule has 0 aliphatic heterocycles. The molecule has 3 heteroatoms. The normalized spacial score (nSPS) is 11.1.